The van der Waals surface area contributed by atoms with E-state index in [2.05, 4.69) is 20.4 Å². The van der Waals surface area contributed by atoms with Crippen molar-refractivity contribution in [2.75, 3.05) is 60.1 Å². The number of thiocarbonyl (C=S) groups is 1. The van der Waals surface area contributed by atoms with E-state index in [4.69, 9.17) is 21.7 Å². The fourth-order valence-corrected chi connectivity index (χ4v) is 2.95. The smallest absolute Gasteiger partial charge is 0.234 e. The van der Waals surface area contributed by atoms with E-state index in [0.717, 1.165) is 42.6 Å². The van der Waals surface area contributed by atoms with Gasteiger partial charge in [0.2, 0.25) is 5.91 Å². The monoisotopic (exact) mass is 380 g/mol. The second kappa shape index (κ2) is 10.9. The standard InChI is InChI=1S/C18H28N4O3S/c1-24-12-7-19-17(23)14-21-8-10-22(11-9-21)18(26)20-13-15-3-5-16(25-2)6-4-15/h3-6H,7-14H2,1-2H3,(H,19,23)(H,20,26). The van der Waals surface area contributed by atoms with Gasteiger partial charge >= 0.3 is 0 Å². The van der Waals surface area contributed by atoms with E-state index in [0.29, 0.717) is 26.2 Å². The average Bonchev–Trinajstić information content (AvgIpc) is 2.67. The first-order valence-electron chi connectivity index (χ1n) is 8.76. The summed E-state index contributed by atoms with van der Waals surface area (Å²) in [6.07, 6.45) is 0. The molecule has 1 saturated heterocycles. The van der Waals surface area contributed by atoms with Crippen molar-refractivity contribution in [1.29, 1.82) is 0 Å². The number of carbonyl (C=O) groups is 1. The van der Waals surface area contributed by atoms with Crippen molar-refractivity contribution in [2.24, 2.45) is 0 Å². The third kappa shape index (κ3) is 6.78. The number of hydrogen-bond donors (Lipinski definition) is 2. The number of piperazine rings is 1. The summed E-state index contributed by atoms with van der Waals surface area (Å²) in [4.78, 5) is 16.1. The van der Waals surface area contributed by atoms with Crippen molar-refractivity contribution in [3.05, 3.63) is 29.8 Å². The van der Waals surface area contributed by atoms with Gasteiger partial charge in [-0.25, -0.2) is 0 Å². The van der Waals surface area contributed by atoms with Gasteiger partial charge in [-0.05, 0) is 29.9 Å². The highest BCUT2D eigenvalue weighted by molar-refractivity contribution is 7.80. The Kier molecular flexibility index (Phi) is 8.60. The van der Waals surface area contributed by atoms with Gasteiger partial charge in [-0.1, -0.05) is 12.1 Å². The Morgan fingerprint density at radius 2 is 1.81 bits per heavy atom. The van der Waals surface area contributed by atoms with Crippen LogP contribution in [0.15, 0.2) is 24.3 Å². The minimum absolute atomic E-state index is 0.0377. The Labute approximate surface area is 160 Å². The molecule has 1 aliphatic rings. The lowest BCUT2D eigenvalue weighted by atomic mass is 10.2. The Morgan fingerprint density at radius 3 is 2.42 bits per heavy atom. The zero-order valence-corrected chi connectivity index (χ0v) is 16.3. The first-order valence-corrected chi connectivity index (χ1v) is 9.17. The number of ether oxygens (including phenoxy) is 2. The van der Waals surface area contributed by atoms with E-state index in [1.807, 2.05) is 24.3 Å². The van der Waals surface area contributed by atoms with E-state index < -0.39 is 0 Å². The van der Waals surface area contributed by atoms with Crippen molar-refractivity contribution < 1.29 is 14.3 Å². The molecule has 26 heavy (non-hydrogen) atoms. The van der Waals surface area contributed by atoms with Crippen LogP contribution >= 0.6 is 12.2 Å². The number of methoxy groups -OCH3 is 2. The van der Waals surface area contributed by atoms with Crippen molar-refractivity contribution in [3.8, 4) is 5.75 Å². The van der Waals surface area contributed by atoms with Crippen LogP contribution in [0, 0.1) is 0 Å². The second-order valence-electron chi connectivity index (χ2n) is 6.11. The number of hydrogen-bond acceptors (Lipinski definition) is 5. The van der Waals surface area contributed by atoms with Gasteiger partial charge in [0.1, 0.15) is 5.75 Å². The molecule has 1 aromatic carbocycles. The number of carbonyl (C=O) groups excluding carboxylic acids is 1. The Morgan fingerprint density at radius 1 is 1.12 bits per heavy atom. The summed E-state index contributed by atoms with van der Waals surface area (Å²) >= 11 is 5.50. The van der Waals surface area contributed by atoms with Gasteiger partial charge in [-0.3, -0.25) is 9.69 Å². The molecule has 0 aromatic heterocycles. The molecule has 0 spiro atoms. The van der Waals surface area contributed by atoms with Gasteiger partial charge in [0.15, 0.2) is 5.11 Å². The first-order chi connectivity index (χ1) is 12.6. The van der Waals surface area contributed by atoms with E-state index in [1.165, 1.54) is 0 Å². The van der Waals surface area contributed by atoms with Crippen molar-refractivity contribution >= 4 is 23.2 Å². The molecule has 0 unspecified atom stereocenters. The summed E-state index contributed by atoms with van der Waals surface area (Å²) in [5.41, 5.74) is 1.15. The highest BCUT2D eigenvalue weighted by Gasteiger charge is 2.20. The maximum atomic E-state index is 11.8. The fraction of sp³-hybridized carbons (Fsp3) is 0.556. The molecule has 1 fully saturated rings. The van der Waals surface area contributed by atoms with Gasteiger partial charge in [-0.15, -0.1) is 0 Å². The summed E-state index contributed by atoms with van der Waals surface area (Å²) in [6, 6.07) is 7.93. The van der Waals surface area contributed by atoms with Crippen LogP contribution in [-0.2, 0) is 16.1 Å². The molecule has 1 aromatic rings. The van der Waals surface area contributed by atoms with Gasteiger partial charge < -0.3 is 25.0 Å². The largest absolute Gasteiger partial charge is 0.497 e. The van der Waals surface area contributed by atoms with Gasteiger partial charge in [-0.2, -0.15) is 0 Å². The zero-order chi connectivity index (χ0) is 18.8. The van der Waals surface area contributed by atoms with Crippen LogP contribution in [0.25, 0.3) is 0 Å². The molecule has 1 amide bonds. The molecule has 0 atom stereocenters. The van der Waals surface area contributed by atoms with Crippen LogP contribution in [0.3, 0.4) is 0 Å². The van der Waals surface area contributed by atoms with Crippen LogP contribution in [0.2, 0.25) is 0 Å². The summed E-state index contributed by atoms with van der Waals surface area (Å²) in [7, 11) is 3.28. The van der Waals surface area contributed by atoms with Crippen LogP contribution < -0.4 is 15.4 Å². The van der Waals surface area contributed by atoms with Crippen molar-refractivity contribution in [1.82, 2.24) is 20.4 Å². The summed E-state index contributed by atoms with van der Waals surface area (Å²) < 4.78 is 10.1. The summed E-state index contributed by atoms with van der Waals surface area (Å²) in [5.74, 6) is 0.884. The fourth-order valence-electron chi connectivity index (χ4n) is 2.69. The minimum atomic E-state index is 0.0377. The Bertz CT molecular complexity index is 574. The van der Waals surface area contributed by atoms with Crippen molar-refractivity contribution in [3.63, 3.8) is 0 Å². The third-order valence-corrected chi connectivity index (χ3v) is 4.66. The summed E-state index contributed by atoms with van der Waals surface area (Å²) in [5, 5.41) is 6.90. The quantitative estimate of drug-likeness (QED) is 0.501. The molecule has 0 bridgehead atoms. The van der Waals surface area contributed by atoms with Crippen LogP contribution in [0.4, 0.5) is 0 Å². The average molecular weight is 381 g/mol. The minimum Gasteiger partial charge on any atom is -0.497 e. The lowest BCUT2D eigenvalue weighted by Crippen LogP contribution is -2.53. The number of rotatable bonds is 8. The predicted octanol–water partition coefficient (Wildman–Crippen LogP) is 0.450. The van der Waals surface area contributed by atoms with Crippen molar-refractivity contribution in [2.45, 2.75) is 6.54 Å². The van der Waals surface area contributed by atoms with Crippen LogP contribution in [0.1, 0.15) is 5.56 Å². The predicted molar refractivity (Wildman–Crippen MR) is 105 cm³/mol. The van der Waals surface area contributed by atoms with E-state index in [9.17, 15) is 4.79 Å². The van der Waals surface area contributed by atoms with E-state index >= 15 is 0 Å². The highest BCUT2D eigenvalue weighted by Crippen LogP contribution is 2.11. The molecule has 2 N–H and O–H groups in total. The second-order valence-corrected chi connectivity index (χ2v) is 6.50. The Balaban J connectivity index is 1.66. The lowest BCUT2D eigenvalue weighted by Gasteiger charge is -2.35. The number of nitrogens with one attached hydrogen (secondary N) is 2. The SMILES string of the molecule is COCCNC(=O)CN1CCN(C(=S)NCc2ccc(OC)cc2)CC1. The molecule has 0 aliphatic carbocycles. The van der Waals surface area contributed by atoms with E-state index in [1.54, 1.807) is 14.2 Å². The molecule has 2 rings (SSSR count). The third-order valence-electron chi connectivity index (χ3n) is 4.26. The zero-order valence-electron chi connectivity index (χ0n) is 15.5. The summed E-state index contributed by atoms with van der Waals surface area (Å²) in [6.45, 7) is 5.47. The van der Waals surface area contributed by atoms with Crippen LogP contribution in [-0.4, -0.2) is 80.9 Å². The molecule has 0 saturated carbocycles. The van der Waals surface area contributed by atoms with Gasteiger partial charge in [0.05, 0.1) is 20.3 Å². The molecular formula is C18H28N4O3S. The molecular weight excluding hydrogens is 352 g/mol. The van der Waals surface area contributed by atoms with E-state index in [-0.39, 0.29) is 5.91 Å². The molecule has 1 aliphatic heterocycles. The van der Waals surface area contributed by atoms with Gasteiger partial charge in [0.25, 0.3) is 0 Å². The normalized spacial score (nSPS) is 14.8. The molecule has 144 valence electrons. The lowest BCUT2D eigenvalue weighted by molar-refractivity contribution is -0.122. The first kappa shape index (κ1) is 20.4. The molecule has 7 nitrogen and oxygen atoms in total. The molecule has 8 heteroatoms. The number of nitrogens with zero attached hydrogens (tertiary/aromatic N) is 2. The molecule has 1 heterocycles. The van der Waals surface area contributed by atoms with Crippen LogP contribution in [0.5, 0.6) is 5.75 Å². The maximum absolute atomic E-state index is 11.8. The number of amides is 1. The molecule has 0 radical (unpaired) electrons. The Hall–Kier alpha value is -1.90. The maximum Gasteiger partial charge on any atom is 0.234 e. The van der Waals surface area contributed by atoms with Gasteiger partial charge in [0, 0.05) is 46.4 Å². The number of benzene rings is 1. The highest BCUT2D eigenvalue weighted by atomic mass is 32.1. The topological polar surface area (TPSA) is 66.1 Å².